The third kappa shape index (κ3) is 9.71. The molecule has 0 heterocycles. The van der Waals surface area contributed by atoms with Crippen LogP contribution in [0.2, 0.25) is 0 Å². The molecule has 0 spiro atoms. The number of hydrogen-bond acceptors (Lipinski definition) is 2. The van der Waals surface area contributed by atoms with Gasteiger partial charge in [-0.05, 0) is 12.8 Å². The molecule has 3 nitrogen and oxygen atoms in total. The summed E-state index contributed by atoms with van der Waals surface area (Å²) in [4.78, 5) is 10.3. The fraction of sp³-hybridized carbons (Fsp3) is 0.769. The van der Waals surface area contributed by atoms with Gasteiger partial charge in [-0.15, -0.1) is 0 Å². The Bertz CT molecular complexity index is 199. The standard InChI is InChI=1S/C13H24O3/c1-2-3-4-5-6-7-8-9-10-11-12(14)13(15)16/h9-10,12,14H,2-8,11H2,1H3,(H,15,16). The molecule has 0 amide bonds. The summed E-state index contributed by atoms with van der Waals surface area (Å²) < 4.78 is 0. The highest BCUT2D eigenvalue weighted by Gasteiger charge is 2.09. The monoisotopic (exact) mass is 228 g/mol. The summed E-state index contributed by atoms with van der Waals surface area (Å²) in [7, 11) is 0. The number of allylic oxidation sites excluding steroid dienone is 1. The molecule has 0 radical (unpaired) electrons. The second kappa shape index (κ2) is 10.7. The van der Waals surface area contributed by atoms with Crippen LogP contribution in [0.5, 0.6) is 0 Å². The van der Waals surface area contributed by atoms with Crippen molar-refractivity contribution in [2.75, 3.05) is 0 Å². The lowest BCUT2D eigenvalue weighted by Gasteiger charge is -2.00. The quantitative estimate of drug-likeness (QED) is 0.446. The molecule has 0 aliphatic heterocycles. The van der Waals surface area contributed by atoms with E-state index in [1.807, 2.05) is 6.08 Å². The maximum Gasteiger partial charge on any atom is 0.332 e. The van der Waals surface area contributed by atoms with E-state index in [0.29, 0.717) is 0 Å². The normalized spacial score (nSPS) is 13.1. The number of aliphatic hydroxyl groups excluding tert-OH is 1. The minimum absolute atomic E-state index is 0.213. The molecule has 0 rings (SSSR count). The molecule has 0 bridgehead atoms. The molecule has 0 fully saturated rings. The van der Waals surface area contributed by atoms with Crippen molar-refractivity contribution in [1.82, 2.24) is 0 Å². The summed E-state index contributed by atoms with van der Waals surface area (Å²) in [6.45, 7) is 2.20. The van der Waals surface area contributed by atoms with Gasteiger partial charge in [0.25, 0.3) is 0 Å². The predicted molar refractivity (Wildman–Crippen MR) is 65.4 cm³/mol. The van der Waals surface area contributed by atoms with Crippen molar-refractivity contribution in [3.8, 4) is 0 Å². The van der Waals surface area contributed by atoms with Crippen LogP contribution in [0.3, 0.4) is 0 Å². The van der Waals surface area contributed by atoms with E-state index in [9.17, 15) is 4.79 Å². The summed E-state index contributed by atoms with van der Waals surface area (Å²) in [5.41, 5.74) is 0. The zero-order valence-electron chi connectivity index (χ0n) is 10.2. The van der Waals surface area contributed by atoms with Gasteiger partial charge in [-0.1, -0.05) is 51.2 Å². The molecule has 0 saturated heterocycles. The van der Waals surface area contributed by atoms with Crippen LogP contribution in [-0.4, -0.2) is 22.3 Å². The van der Waals surface area contributed by atoms with E-state index in [1.165, 1.54) is 32.1 Å². The number of carboxylic acid groups (broad SMARTS) is 1. The molecule has 0 saturated carbocycles. The van der Waals surface area contributed by atoms with Crippen LogP contribution in [0.1, 0.15) is 58.3 Å². The molecule has 2 N–H and O–H groups in total. The van der Waals surface area contributed by atoms with Crippen molar-refractivity contribution in [1.29, 1.82) is 0 Å². The SMILES string of the molecule is CCCCCCCCC=CCC(O)C(=O)O. The van der Waals surface area contributed by atoms with E-state index in [4.69, 9.17) is 10.2 Å². The molecule has 0 aliphatic carbocycles. The number of hydrogen-bond donors (Lipinski definition) is 2. The topological polar surface area (TPSA) is 57.5 Å². The Kier molecular flexibility index (Phi) is 10.1. The summed E-state index contributed by atoms with van der Waals surface area (Å²) in [6, 6.07) is 0. The Hall–Kier alpha value is -0.830. The van der Waals surface area contributed by atoms with Gasteiger partial charge in [-0.25, -0.2) is 4.79 Å². The number of carboxylic acids is 1. The first-order valence-corrected chi connectivity index (χ1v) is 6.24. The highest BCUT2D eigenvalue weighted by molar-refractivity contribution is 5.72. The van der Waals surface area contributed by atoms with Crippen LogP contribution in [-0.2, 0) is 4.79 Å². The Morgan fingerprint density at radius 3 is 2.38 bits per heavy atom. The summed E-state index contributed by atoms with van der Waals surface area (Å²) in [5, 5.41) is 17.4. The van der Waals surface area contributed by atoms with Gasteiger partial charge in [-0.3, -0.25) is 0 Å². The Morgan fingerprint density at radius 2 is 1.75 bits per heavy atom. The molecule has 3 heteroatoms. The van der Waals surface area contributed by atoms with E-state index in [1.54, 1.807) is 6.08 Å². The van der Waals surface area contributed by atoms with Gasteiger partial charge >= 0.3 is 5.97 Å². The van der Waals surface area contributed by atoms with Crippen molar-refractivity contribution in [3.05, 3.63) is 12.2 Å². The van der Waals surface area contributed by atoms with Crippen molar-refractivity contribution in [2.24, 2.45) is 0 Å². The average Bonchev–Trinajstić information content (AvgIpc) is 2.26. The zero-order chi connectivity index (χ0) is 12.2. The lowest BCUT2D eigenvalue weighted by molar-refractivity contribution is -0.146. The van der Waals surface area contributed by atoms with Crippen molar-refractivity contribution in [2.45, 2.75) is 64.4 Å². The van der Waals surface area contributed by atoms with Crippen molar-refractivity contribution >= 4 is 5.97 Å². The third-order valence-corrected chi connectivity index (χ3v) is 2.54. The van der Waals surface area contributed by atoms with Gasteiger partial charge < -0.3 is 10.2 Å². The van der Waals surface area contributed by atoms with Gasteiger partial charge in [-0.2, -0.15) is 0 Å². The van der Waals surface area contributed by atoms with Crippen LogP contribution >= 0.6 is 0 Å². The highest BCUT2D eigenvalue weighted by Crippen LogP contribution is 2.07. The van der Waals surface area contributed by atoms with Crippen molar-refractivity contribution in [3.63, 3.8) is 0 Å². The second-order valence-electron chi connectivity index (χ2n) is 4.12. The minimum Gasteiger partial charge on any atom is -0.479 e. The molecule has 0 aromatic rings. The average molecular weight is 228 g/mol. The lowest BCUT2D eigenvalue weighted by Crippen LogP contribution is -2.17. The van der Waals surface area contributed by atoms with Gasteiger partial charge in [0.2, 0.25) is 0 Å². The Labute approximate surface area is 98.2 Å². The largest absolute Gasteiger partial charge is 0.479 e. The molecule has 0 aliphatic rings. The molecule has 1 unspecified atom stereocenters. The summed E-state index contributed by atoms with van der Waals surface area (Å²) in [5.74, 6) is -1.15. The number of carbonyl (C=O) groups is 1. The Balaban J connectivity index is 3.25. The molecule has 0 aromatic heterocycles. The summed E-state index contributed by atoms with van der Waals surface area (Å²) >= 11 is 0. The number of rotatable bonds is 10. The second-order valence-corrected chi connectivity index (χ2v) is 4.12. The van der Waals surface area contributed by atoms with E-state index in [-0.39, 0.29) is 6.42 Å². The third-order valence-electron chi connectivity index (χ3n) is 2.54. The van der Waals surface area contributed by atoms with Crippen LogP contribution < -0.4 is 0 Å². The molecule has 94 valence electrons. The van der Waals surface area contributed by atoms with E-state index >= 15 is 0 Å². The van der Waals surface area contributed by atoms with E-state index in [2.05, 4.69) is 6.92 Å². The molecular weight excluding hydrogens is 204 g/mol. The van der Waals surface area contributed by atoms with Crippen LogP contribution in [0.15, 0.2) is 12.2 Å². The molecule has 16 heavy (non-hydrogen) atoms. The maximum absolute atomic E-state index is 10.3. The number of unbranched alkanes of at least 4 members (excludes halogenated alkanes) is 6. The van der Waals surface area contributed by atoms with E-state index < -0.39 is 12.1 Å². The first kappa shape index (κ1) is 15.2. The van der Waals surface area contributed by atoms with Gasteiger partial charge in [0, 0.05) is 6.42 Å². The molecular formula is C13H24O3. The zero-order valence-corrected chi connectivity index (χ0v) is 10.2. The fourth-order valence-electron chi connectivity index (χ4n) is 1.49. The Morgan fingerprint density at radius 1 is 1.12 bits per heavy atom. The minimum atomic E-state index is -1.25. The first-order chi connectivity index (χ1) is 7.68. The number of aliphatic hydroxyl groups is 1. The van der Waals surface area contributed by atoms with Gasteiger partial charge in [0.1, 0.15) is 0 Å². The van der Waals surface area contributed by atoms with Crippen molar-refractivity contribution < 1.29 is 15.0 Å². The lowest BCUT2D eigenvalue weighted by atomic mass is 10.1. The van der Waals surface area contributed by atoms with Crippen LogP contribution in [0.4, 0.5) is 0 Å². The maximum atomic E-state index is 10.3. The first-order valence-electron chi connectivity index (χ1n) is 6.24. The molecule has 1 atom stereocenters. The highest BCUT2D eigenvalue weighted by atomic mass is 16.4. The van der Waals surface area contributed by atoms with Crippen LogP contribution in [0, 0.1) is 0 Å². The smallest absolute Gasteiger partial charge is 0.332 e. The molecule has 0 aromatic carbocycles. The summed E-state index contributed by atoms with van der Waals surface area (Å²) in [6.07, 6.45) is 11.3. The van der Waals surface area contributed by atoms with Crippen LogP contribution in [0.25, 0.3) is 0 Å². The van der Waals surface area contributed by atoms with Gasteiger partial charge in [0.15, 0.2) is 6.10 Å². The number of aliphatic carboxylic acids is 1. The van der Waals surface area contributed by atoms with Gasteiger partial charge in [0.05, 0.1) is 0 Å². The fourth-order valence-corrected chi connectivity index (χ4v) is 1.49. The predicted octanol–water partition coefficient (Wildman–Crippen LogP) is 3.13. The van der Waals surface area contributed by atoms with E-state index in [0.717, 1.165) is 12.8 Å².